The average molecular weight is 332 g/mol. The smallest absolute Gasteiger partial charge is 0.407 e. The second-order valence-corrected chi connectivity index (χ2v) is 8.10. The Morgan fingerprint density at radius 3 is 2.42 bits per heavy atom. The average Bonchev–Trinajstić information content (AvgIpc) is 2.48. The number of carbonyl (C=O) groups excluding carboxylic acids is 1. The van der Waals surface area contributed by atoms with E-state index in [2.05, 4.69) is 61.3 Å². The van der Waals surface area contributed by atoms with E-state index in [1.807, 2.05) is 20.8 Å². The van der Waals surface area contributed by atoms with Gasteiger partial charge in [0.05, 0.1) is 0 Å². The Morgan fingerprint density at radius 2 is 1.83 bits per heavy atom. The van der Waals surface area contributed by atoms with E-state index >= 15 is 0 Å². The number of rotatable bonds is 3. The summed E-state index contributed by atoms with van der Waals surface area (Å²) in [5.74, 6) is 0.373. The number of carbonyl (C=O) groups is 1. The number of likely N-dealkylation sites (tertiary alicyclic amines) is 1. The maximum Gasteiger partial charge on any atom is 0.407 e. The molecular weight excluding hydrogens is 300 g/mol. The first-order chi connectivity index (χ1) is 11.2. The number of hydrogen-bond acceptors (Lipinski definition) is 3. The third-order valence-electron chi connectivity index (χ3n) is 4.99. The topological polar surface area (TPSA) is 41.6 Å². The second-order valence-electron chi connectivity index (χ2n) is 8.10. The van der Waals surface area contributed by atoms with Gasteiger partial charge in [-0.15, -0.1) is 0 Å². The van der Waals surface area contributed by atoms with Crippen LogP contribution in [0.3, 0.4) is 0 Å². The SMILES string of the molecule is C[C@H]1[C@@H](C)N(Cc2ccccc2)[C@@H](C)C[C@H]1NC(=O)OC(C)(C)C. The first kappa shape index (κ1) is 18.8. The van der Waals surface area contributed by atoms with Crippen molar-refractivity contribution in [2.24, 2.45) is 5.92 Å². The highest BCUT2D eigenvalue weighted by molar-refractivity contribution is 5.68. The minimum atomic E-state index is -0.460. The number of nitrogens with one attached hydrogen (secondary N) is 1. The van der Waals surface area contributed by atoms with E-state index in [0.29, 0.717) is 18.0 Å². The molecule has 0 saturated carbocycles. The van der Waals surface area contributed by atoms with Crippen LogP contribution in [-0.2, 0) is 11.3 Å². The van der Waals surface area contributed by atoms with Gasteiger partial charge >= 0.3 is 6.09 Å². The van der Waals surface area contributed by atoms with Crippen molar-refractivity contribution in [2.45, 2.75) is 78.2 Å². The Morgan fingerprint density at radius 1 is 1.21 bits per heavy atom. The van der Waals surface area contributed by atoms with Crippen LogP contribution in [0.5, 0.6) is 0 Å². The molecule has 1 amide bonds. The molecule has 1 aliphatic rings. The van der Waals surface area contributed by atoms with Crippen LogP contribution in [0.1, 0.15) is 53.5 Å². The highest BCUT2D eigenvalue weighted by Gasteiger charge is 2.37. The largest absolute Gasteiger partial charge is 0.444 e. The molecule has 24 heavy (non-hydrogen) atoms. The summed E-state index contributed by atoms with van der Waals surface area (Å²) in [5, 5.41) is 3.08. The molecule has 1 aliphatic heterocycles. The lowest BCUT2D eigenvalue weighted by molar-refractivity contribution is 0.0184. The number of alkyl carbamates (subject to hydrolysis) is 1. The van der Waals surface area contributed by atoms with Crippen molar-refractivity contribution >= 4 is 6.09 Å². The predicted molar refractivity (Wildman–Crippen MR) is 97.8 cm³/mol. The quantitative estimate of drug-likeness (QED) is 0.902. The van der Waals surface area contributed by atoms with Crippen molar-refractivity contribution < 1.29 is 9.53 Å². The molecule has 0 aliphatic carbocycles. The van der Waals surface area contributed by atoms with Crippen LogP contribution in [0.2, 0.25) is 0 Å². The molecule has 0 spiro atoms. The Labute approximate surface area is 146 Å². The van der Waals surface area contributed by atoms with Crippen LogP contribution < -0.4 is 5.32 Å². The molecule has 1 heterocycles. The minimum absolute atomic E-state index is 0.150. The van der Waals surface area contributed by atoms with Gasteiger partial charge in [-0.3, -0.25) is 4.90 Å². The summed E-state index contributed by atoms with van der Waals surface area (Å²) in [4.78, 5) is 14.6. The van der Waals surface area contributed by atoms with E-state index in [1.165, 1.54) is 5.56 Å². The van der Waals surface area contributed by atoms with Gasteiger partial charge in [0.15, 0.2) is 0 Å². The van der Waals surface area contributed by atoms with Crippen molar-refractivity contribution in [1.29, 1.82) is 0 Å². The summed E-state index contributed by atoms with van der Waals surface area (Å²) < 4.78 is 5.42. The number of amides is 1. The maximum atomic E-state index is 12.1. The zero-order valence-electron chi connectivity index (χ0n) is 15.9. The molecule has 1 aromatic rings. The van der Waals surface area contributed by atoms with Crippen molar-refractivity contribution in [3.63, 3.8) is 0 Å². The predicted octanol–water partition coefficient (Wildman–Crippen LogP) is 4.20. The Kier molecular flexibility index (Phi) is 5.92. The van der Waals surface area contributed by atoms with E-state index in [-0.39, 0.29) is 12.1 Å². The molecule has 1 saturated heterocycles. The van der Waals surface area contributed by atoms with Gasteiger partial charge in [0.1, 0.15) is 5.60 Å². The molecule has 0 aromatic heterocycles. The molecule has 1 N–H and O–H groups in total. The zero-order valence-corrected chi connectivity index (χ0v) is 15.9. The number of hydrogen-bond donors (Lipinski definition) is 1. The van der Waals surface area contributed by atoms with Crippen LogP contribution in [0.15, 0.2) is 30.3 Å². The zero-order chi connectivity index (χ0) is 17.9. The van der Waals surface area contributed by atoms with E-state index in [1.54, 1.807) is 0 Å². The highest BCUT2D eigenvalue weighted by Crippen LogP contribution is 2.29. The van der Waals surface area contributed by atoms with Crippen molar-refractivity contribution in [3.8, 4) is 0 Å². The van der Waals surface area contributed by atoms with Gasteiger partial charge < -0.3 is 10.1 Å². The highest BCUT2D eigenvalue weighted by atomic mass is 16.6. The van der Waals surface area contributed by atoms with E-state index in [4.69, 9.17) is 4.74 Å². The molecule has 1 aromatic carbocycles. The summed E-state index contributed by atoms with van der Waals surface area (Å²) in [7, 11) is 0. The second kappa shape index (κ2) is 7.56. The number of ether oxygens (including phenoxy) is 1. The molecule has 4 atom stereocenters. The van der Waals surface area contributed by atoms with Crippen molar-refractivity contribution in [3.05, 3.63) is 35.9 Å². The third kappa shape index (κ3) is 4.97. The monoisotopic (exact) mass is 332 g/mol. The maximum absolute atomic E-state index is 12.1. The first-order valence-corrected chi connectivity index (χ1v) is 8.96. The van der Waals surface area contributed by atoms with Crippen molar-refractivity contribution in [2.75, 3.05) is 0 Å². The van der Waals surface area contributed by atoms with Gasteiger partial charge in [0, 0.05) is 24.7 Å². The van der Waals surface area contributed by atoms with Gasteiger partial charge in [-0.1, -0.05) is 37.3 Å². The Hall–Kier alpha value is -1.55. The fourth-order valence-corrected chi connectivity index (χ4v) is 3.50. The standard InChI is InChI=1S/C20H32N2O2/c1-14-12-18(21-19(23)24-20(4,5)6)15(2)16(3)22(14)13-17-10-8-7-9-11-17/h7-11,14-16,18H,12-13H2,1-6H3,(H,21,23)/t14-,15-,16+,18+/m0/s1. The first-order valence-electron chi connectivity index (χ1n) is 8.96. The number of piperidine rings is 1. The molecule has 2 rings (SSSR count). The molecule has 4 heteroatoms. The van der Waals surface area contributed by atoms with Crippen LogP contribution in [0.25, 0.3) is 0 Å². The summed E-state index contributed by atoms with van der Waals surface area (Å²) in [6.07, 6.45) is 0.632. The molecule has 0 unspecified atom stereocenters. The van der Waals surface area contributed by atoms with E-state index < -0.39 is 5.60 Å². The van der Waals surface area contributed by atoms with Gasteiger partial charge in [-0.25, -0.2) is 4.79 Å². The van der Waals surface area contributed by atoms with Crippen LogP contribution in [0, 0.1) is 5.92 Å². The summed E-state index contributed by atoms with van der Waals surface area (Å²) in [6, 6.07) is 11.5. The molecule has 0 radical (unpaired) electrons. The van der Waals surface area contributed by atoms with Crippen molar-refractivity contribution in [1.82, 2.24) is 10.2 Å². The number of nitrogens with zero attached hydrogens (tertiary/aromatic N) is 1. The lowest BCUT2D eigenvalue weighted by Gasteiger charge is -2.47. The summed E-state index contributed by atoms with van der Waals surface area (Å²) in [5.41, 5.74) is 0.875. The van der Waals surface area contributed by atoms with Gasteiger partial charge in [-0.2, -0.15) is 0 Å². The number of benzene rings is 1. The molecule has 134 valence electrons. The Bertz CT molecular complexity index is 538. The lowest BCUT2D eigenvalue weighted by atomic mass is 9.83. The fourth-order valence-electron chi connectivity index (χ4n) is 3.50. The lowest BCUT2D eigenvalue weighted by Crippen LogP contribution is -2.57. The Balaban J connectivity index is 1.99. The van der Waals surface area contributed by atoms with E-state index in [0.717, 1.165) is 13.0 Å². The van der Waals surface area contributed by atoms with Crippen LogP contribution in [-0.4, -0.2) is 34.7 Å². The van der Waals surface area contributed by atoms with Crippen LogP contribution >= 0.6 is 0 Å². The normalized spacial score (nSPS) is 28.4. The summed E-state index contributed by atoms with van der Waals surface area (Å²) in [6.45, 7) is 13.3. The minimum Gasteiger partial charge on any atom is -0.444 e. The van der Waals surface area contributed by atoms with Gasteiger partial charge in [0.2, 0.25) is 0 Å². The third-order valence-corrected chi connectivity index (χ3v) is 4.99. The molecule has 0 bridgehead atoms. The molecule has 1 fully saturated rings. The fraction of sp³-hybridized carbons (Fsp3) is 0.650. The van der Waals surface area contributed by atoms with Gasteiger partial charge in [0.25, 0.3) is 0 Å². The van der Waals surface area contributed by atoms with E-state index in [9.17, 15) is 4.79 Å². The molecule has 4 nitrogen and oxygen atoms in total. The van der Waals surface area contributed by atoms with Crippen LogP contribution in [0.4, 0.5) is 4.79 Å². The van der Waals surface area contributed by atoms with Gasteiger partial charge in [-0.05, 0) is 52.5 Å². The summed E-state index contributed by atoms with van der Waals surface area (Å²) >= 11 is 0. The molecular formula is C20H32N2O2.